The Balaban J connectivity index is 0.00000106. The summed E-state index contributed by atoms with van der Waals surface area (Å²) >= 11 is 0. The van der Waals surface area contributed by atoms with Gasteiger partial charge in [-0.2, -0.15) is 0 Å². The van der Waals surface area contributed by atoms with Gasteiger partial charge in [0.05, 0.1) is 0 Å². The van der Waals surface area contributed by atoms with Crippen LogP contribution < -0.4 is 5.32 Å². The summed E-state index contributed by atoms with van der Waals surface area (Å²) in [5.74, 6) is 1.02. The third-order valence-electron chi connectivity index (χ3n) is 4.42. The minimum atomic E-state index is 0.235. The number of nitrogens with one attached hydrogen (secondary N) is 1. The number of carbonyl (C=O) groups excluding carboxylic acids is 1. The molecule has 21 heavy (non-hydrogen) atoms. The molecule has 0 bridgehead atoms. The molecule has 0 aromatic rings. The maximum absolute atomic E-state index is 11.3. The van der Waals surface area contributed by atoms with Crippen LogP contribution >= 0.6 is 0 Å². The fourth-order valence-electron chi connectivity index (χ4n) is 3.15. The first-order chi connectivity index (χ1) is 10.2. The summed E-state index contributed by atoms with van der Waals surface area (Å²) < 4.78 is 0. The first-order valence-electron chi connectivity index (χ1n) is 8.54. The smallest absolute Gasteiger partial charge is 0.219 e. The molecule has 1 N–H and O–H groups in total. The van der Waals surface area contributed by atoms with E-state index in [0.717, 1.165) is 25.7 Å². The molecular weight excluding hydrogens is 264 g/mol. The lowest BCUT2D eigenvalue weighted by molar-refractivity contribution is -0.130. The van der Waals surface area contributed by atoms with E-state index >= 15 is 0 Å². The van der Waals surface area contributed by atoms with Crippen LogP contribution in [-0.2, 0) is 4.79 Å². The van der Waals surface area contributed by atoms with E-state index in [1.807, 2.05) is 25.8 Å². The summed E-state index contributed by atoms with van der Waals surface area (Å²) in [6.07, 6.45) is 2.35. The molecule has 5 heteroatoms. The van der Waals surface area contributed by atoms with Gasteiger partial charge in [-0.25, -0.2) is 0 Å². The lowest BCUT2D eigenvalue weighted by atomic mass is 9.96. The number of likely N-dealkylation sites (tertiary alicyclic amines) is 1. The number of amides is 1. The van der Waals surface area contributed by atoms with Gasteiger partial charge in [-0.3, -0.25) is 9.69 Å². The number of hydrogen-bond acceptors (Lipinski definition) is 4. The van der Waals surface area contributed by atoms with Crippen molar-refractivity contribution in [1.29, 1.82) is 0 Å². The fourth-order valence-corrected chi connectivity index (χ4v) is 3.15. The monoisotopic (exact) mass is 298 g/mol. The number of carbonyl (C=O) groups is 1. The van der Waals surface area contributed by atoms with Crippen LogP contribution in [0.1, 0.15) is 33.6 Å². The third kappa shape index (κ3) is 6.32. The average Bonchev–Trinajstić information content (AvgIpc) is 2.52. The van der Waals surface area contributed by atoms with Gasteiger partial charge in [0.1, 0.15) is 0 Å². The van der Waals surface area contributed by atoms with Crippen LogP contribution in [0.15, 0.2) is 0 Å². The standard InChI is InChI=1S/C14H28N4O.C2H6/c1-13(19)18-5-3-14(4-6-18)11-16-7-9-17(10-8-16)12-15-2;1-2/h14-15H,3-12H2,1-2H3;1-2H3. The molecule has 2 aliphatic heterocycles. The predicted octanol–water partition coefficient (Wildman–Crippen LogP) is 1.07. The van der Waals surface area contributed by atoms with E-state index in [9.17, 15) is 4.79 Å². The van der Waals surface area contributed by atoms with E-state index in [2.05, 4.69) is 15.1 Å². The molecule has 0 aromatic heterocycles. The minimum Gasteiger partial charge on any atom is -0.343 e. The highest BCUT2D eigenvalue weighted by Crippen LogP contribution is 2.19. The zero-order valence-corrected chi connectivity index (χ0v) is 14.4. The fraction of sp³-hybridized carbons (Fsp3) is 0.938. The van der Waals surface area contributed by atoms with E-state index in [-0.39, 0.29) is 5.91 Å². The highest BCUT2D eigenvalue weighted by molar-refractivity contribution is 5.73. The Hall–Kier alpha value is -0.650. The second-order valence-corrected chi connectivity index (χ2v) is 5.88. The first-order valence-corrected chi connectivity index (χ1v) is 8.54. The Kier molecular flexibility index (Phi) is 8.88. The van der Waals surface area contributed by atoms with Gasteiger partial charge >= 0.3 is 0 Å². The number of hydrogen-bond donors (Lipinski definition) is 1. The summed E-state index contributed by atoms with van der Waals surface area (Å²) in [6.45, 7) is 14.5. The second kappa shape index (κ2) is 10.1. The molecule has 0 aromatic carbocycles. The summed E-state index contributed by atoms with van der Waals surface area (Å²) in [4.78, 5) is 18.3. The zero-order chi connectivity index (χ0) is 15.7. The van der Waals surface area contributed by atoms with Gasteiger partial charge in [-0.1, -0.05) is 13.8 Å². The number of nitrogens with zero attached hydrogens (tertiary/aromatic N) is 3. The Morgan fingerprint density at radius 3 is 2.00 bits per heavy atom. The lowest BCUT2D eigenvalue weighted by Gasteiger charge is -2.38. The first kappa shape index (κ1) is 18.4. The maximum Gasteiger partial charge on any atom is 0.219 e. The predicted molar refractivity (Wildman–Crippen MR) is 88.3 cm³/mol. The Labute approximate surface area is 130 Å². The average molecular weight is 298 g/mol. The van der Waals surface area contributed by atoms with Crippen molar-refractivity contribution < 1.29 is 4.79 Å². The maximum atomic E-state index is 11.3. The summed E-state index contributed by atoms with van der Waals surface area (Å²) in [5, 5.41) is 3.22. The van der Waals surface area contributed by atoms with E-state index in [4.69, 9.17) is 0 Å². The number of piperidine rings is 1. The van der Waals surface area contributed by atoms with E-state index < -0.39 is 0 Å². The van der Waals surface area contributed by atoms with Crippen molar-refractivity contribution in [2.75, 3.05) is 59.5 Å². The van der Waals surface area contributed by atoms with Crippen molar-refractivity contribution in [3.8, 4) is 0 Å². The second-order valence-electron chi connectivity index (χ2n) is 5.88. The van der Waals surface area contributed by atoms with Crippen LogP contribution in [0, 0.1) is 5.92 Å². The van der Waals surface area contributed by atoms with Gasteiger partial charge in [-0.15, -0.1) is 0 Å². The van der Waals surface area contributed by atoms with Crippen molar-refractivity contribution in [2.45, 2.75) is 33.6 Å². The van der Waals surface area contributed by atoms with Gasteiger partial charge in [0.25, 0.3) is 0 Å². The molecule has 2 rings (SSSR count). The Morgan fingerprint density at radius 1 is 1.00 bits per heavy atom. The molecule has 2 saturated heterocycles. The van der Waals surface area contributed by atoms with Crippen molar-refractivity contribution in [2.24, 2.45) is 5.92 Å². The molecule has 2 fully saturated rings. The summed E-state index contributed by atoms with van der Waals surface area (Å²) in [5.41, 5.74) is 0. The molecule has 0 spiro atoms. The molecule has 0 saturated carbocycles. The van der Waals surface area contributed by atoms with Gasteiger partial charge in [0.15, 0.2) is 0 Å². The number of piperazine rings is 1. The molecule has 0 radical (unpaired) electrons. The van der Waals surface area contributed by atoms with E-state index in [1.165, 1.54) is 45.6 Å². The van der Waals surface area contributed by atoms with Crippen LogP contribution in [0.2, 0.25) is 0 Å². The van der Waals surface area contributed by atoms with Crippen molar-refractivity contribution >= 4 is 5.91 Å². The minimum absolute atomic E-state index is 0.235. The molecule has 2 aliphatic rings. The highest BCUT2D eigenvalue weighted by atomic mass is 16.2. The topological polar surface area (TPSA) is 38.8 Å². The molecule has 1 amide bonds. The van der Waals surface area contributed by atoms with Gasteiger partial charge < -0.3 is 15.1 Å². The van der Waals surface area contributed by atoms with E-state index in [0.29, 0.717) is 0 Å². The van der Waals surface area contributed by atoms with Crippen LogP contribution in [0.3, 0.4) is 0 Å². The van der Waals surface area contributed by atoms with Crippen LogP contribution in [0.5, 0.6) is 0 Å². The Morgan fingerprint density at radius 2 is 1.52 bits per heavy atom. The van der Waals surface area contributed by atoms with Crippen molar-refractivity contribution in [1.82, 2.24) is 20.0 Å². The van der Waals surface area contributed by atoms with Crippen LogP contribution in [0.4, 0.5) is 0 Å². The summed E-state index contributed by atoms with van der Waals surface area (Å²) in [6, 6.07) is 0. The quantitative estimate of drug-likeness (QED) is 0.842. The van der Waals surface area contributed by atoms with Crippen molar-refractivity contribution in [3.63, 3.8) is 0 Å². The van der Waals surface area contributed by atoms with Crippen molar-refractivity contribution in [3.05, 3.63) is 0 Å². The normalized spacial score (nSPS) is 21.8. The van der Waals surface area contributed by atoms with Crippen LogP contribution in [0.25, 0.3) is 0 Å². The molecule has 0 aliphatic carbocycles. The number of rotatable bonds is 4. The molecule has 0 atom stereocenters. The van der Waals surface area contributed by atoms with Gasteiger partial charge in [0.2, 0.25) is 5.91 Å². The summed E-state index contributed by atoms with van der Waals surface area (Å²) in [7, 11) is 2.01. The lowest BCUT2D eigenvalue weighted by Crippen LogP contribution is -2.50. The third-order valence-corrected chi connectivity index (χ3v) is 4.42. The molecule has 0 unspecified atom stereocenters. The van der Waals surface area contributed by atoms with E-state index in [1.54, 1.807) is 6.92 Å². The highest BCUT2D eigenvalue weighted by Gasteiger charge is 2.24. The zero-order valence-electron chi connectivity index (χ0n) is 14.4. The van der Waals surface area contributed by atoms with Gasteiger partial charge in [-0.05, 0) is 25.8 Å². The van der Waals surface area contributed by atoms with Crippen LogP contribution in [-0.4, -0.2) is 80.1 Å². The molecular formula is C16H34N4O. The molecule has 5 nitrogen and oxygen atoms in total. The Bertz CT molecular complexity index is 282. The largest absolute Gasteiger partial charge is 0.343 e. The SMILES string of the molecule is CC.CNCN1CCN(CC2CCN(C(C)=O)CC2)CC1. The molecule has 124 valence electrons. The molecule has 2 heterocycles. The van der Waals surface area contributed by atoms with Gasteiger partial charge in [0, 0.05) is 59.4 Å².